The van der Waals surface area contributed by atoms with E-state index in [9.17, 15) is 8.42 Å². The fourth-order valence-corrected chi connectivity index (χ4v) is 6.13. The molecule has 0 amide bonds. The fraction of sp³-hybridized carbons (Fsp3) is 0.407. The number of aromatic nitrogens is 2. The maximum absolute atomic E-state index is 12.9. The average Bonchev–Trinajstić information content (AvgIpc) is 2.89. The number of anilines is 4. The van der Waals surface area contributed by atoms with Gasteiger partial charge in [-0.3, -0.25) is 0 Å². The molecule has 198 valence electrons. The smallest absolute Gasteiger partial charge is 0.229 e. The van der Waals surface area contributed by atoms with Crippen LogP contribution in [0.15, 0.2) is 47.5 Å². The van der Waals surface area contributed by atoms with Crippen molar-refractivity contribution in [3.63, 3.8) is 0 Å². The molecule has 1 aromatic heterocycles. The first-order valence-corrected chi connectivity index (χ1v) is 14.4. The zero-order chi connectivity index (χ0) is 26.8. The average molecular weight is 544 g/mol. The first-order chi connectivity index (χ1) is 17.6. The Kier molecular flexibility index (Phi) is 7.96. The molecular formula is C27H34ClN5O3S. The van der Waals surface area contributed by atoms with Gasteiger partial charge in [0.15, 0.2) is 15.7 Å². The Balaban J connectivity index is 1.68. The number of benzene rings is 2. The molecular weight excluding hydrogens is 510 g/mol. The van der Waals surface area contributed by atoms with Gasteiger partial charge in [0, 0.05) is 12.1 Å². The summed E-state index contributed by atoms with van der Waals surface area (Å²) in [5.41, 5.74) is 3.59. The van der Waals surface area contributed by atoms with Gasteiger partial charge < -0.3 is 20.7 Å². The molecule has 4 rings (SSSR count). The number of sulfone groups is 1. The molecule has 2 heterocycles. The maximum atomic E-state index is 12.9. The predicted molar refractivity (Wildman–Crippen MR) is 149 cm³/mol. The first-order valence-electron chi connectivity index (χ1n) is 12.5. The van der Waals surface area contributed by atoms with Crippen molar-refractivity contribution in [1.82, 2.24) is 15.3 Å². The van der Waals surface area contributed by atoms with Crippen LogP contribution in [0.5, 0.6) is 5.75 Å². The van der Waals surface area contributed by atoms with E-state index < -0.39 is 15.1 Å². The van der Waals surface area contributed by atoms with Crippen LogP contribution in [0, 0.1) is 0 Å². The number of ether oxygens (including phenoxy) is 1. The quantitative estimate of drug-likeness (QED) is 0.303. The van der Waals surface area contributed by atoms with Crippen molar-refractivity contribution >= 4 is 44.6 Å². The van der Waals surface area contributed by atoms with E-state index in [1.165, 1.54) is 17.3 Å². The molecule has 0 saturated carbocycles. The number of halogens is 1. The first kappa shape index (κ1) is 27.2. The maximum Gasteiger partial charge on any atom is 0.229 e. The highest BCUT2D eigenvalue weighted by molar-refractivity contribution is 7.92. The standard InChI is InChI=1S/C27H34ClN5O3S/c1-6-27(7-2)19-15-23(36-5)22(14-18(19)12-13-30-27)32-26-29-16-20(28)25(33-26)31-21-10-8-9-11-24(21)37(34,35)17(3)4/h8-11,14-17,30H,6-7,12-13H2,1-5H3,(H2,29,31,32,33). The van der Waals surface area contributed by atoms with Crippen molar-refractivity contribution in [2.24, 2.45) is 0 Å². The van der Waals surface area contributed by atoms with E-state index in [1.807, 2.05) is 0 Å². The highest BCUT2D eigenvalue weighted by Gasteiger charge is 2.34. The summed E-state index contributed by atoms with van der Waals surface area (Å²) >= 11 is 6.40. The van der Waals surface area contributed by atoms with E-state index in [0.29, 0.717) is 23.2 Å². The number of nitrogens with one attached hydrogen (secondary N) is 3. The van der Waals surface area contributed by atoms with Crippen LogP contribution in [0.2, 0.25) is 5.02 Å². The van der Waals surface area contributed by atoms with Gasteiger partial charge in [-0.05, 0) is 68.5 Å². The van der Waals surface area contributed by atoms with Crippen LogP contribution in [-0.2, 0) is 21.8 Å². The lowest BCUT2D eigenvalue weighted by Gasteiger charge is -2.39. The Morgan fingerprint density at radius 3 is 2.54 bits per heavy atom. The van der Waals surface area contributed by atoms with E-state index in [1.54, 1.807) is 45.2 Å². The lowest BCUT2D eigenvalue weighted by molar-refractivity contribution is 0.291. The second kappa shape index (κ2) is 10.8. The zero-order valence-electron chi connectivity index (χ0n) is 21.9. The number of nitrogens with zero attached hydrogens (tertiary/aromatic N) is 2. The summed E-state index contributed by atoms with van der Waals surface area (Å²) in [6, 6.07) is 10.9. The van der Waals surface area contributed by atoms with Crippen LogP contribution in [0.1, 0.15) is 51.7 Å². The van der Waals surface area contributed by atoms with Crippen LogP contribution >= 0.6 is 11.6 Å². The molecule has 0 bridgehead atoms. The number of methoxy groups -OCH3 is 1. The molecule has 3 N–H and O–H groups in total. The van der Waals surface area contributed by atoms with Crippen molar-refractivity contribution in [2.75, 3.05) is 24.3 Å². The number of fused-ring (bicyclic) bond motifs is 1. The molecule has 0 atom stereocenters. The molecule has 2 aromatic carbocycles. The topological polar surface area (TPSA) is 105 Å². The van der Waals surface area contributed by atoms with Crippen LogP contribution in [0.3, 0.4) is 0 Å². The summed E-state index contributed by atoms with van der Waals surface area (Å²) in [6.45, 7) is 8.61. The molecule has 8 nitrogen and oxygen atoms in total. The molecule has 3 aromatic rings. The summed E-state index contributed by atoms with van der Waals surface area (Å²) in [7, 11) is -1.87. The number of rotatable bonds is 9. The molecule has 0 saturated heterocycles. The van der Waals surface area contributed by atoms with Crippen molar-refractivity contribution in [2.45, 2.75) is 62.6 Å². The normalized spacial score (nSPS) is 14.8. The minimum absolute atomic E-state index is 0.0725. The fourth-order valence-electron chi connectivity index (χ4n) is 4.79. The second-order valence-electron chi connectivity index (χ2n) is 9.41. The second-order valence-corrected chi connectivity index (χ2v) is 12.3. The molecule has 0 spiro atoms. The highest BCUT2D eigenvalue weighted by Crippen LogP contribution is 2.40. The van der Waals surface area contributed by atoms with E-state index >= 15 is 0 Å². The lowest BCUT2D eigenvalue weighted by atomic mass is 9.78. The number of para-hydroxylation sites is 1. The van der Waals surface area contributed by atoms with Gasteiger partial charge in [0.05, 0.1) is 34.8 Å². The van der Waals surface area contributed by atoms with Gasteiger partial charge in [-0.15, -0.1) is 0 Å². The van der Waals surface area contributed by atoms with Gasteiger partial charge in [-0.2, -0.15) is 4.98 Å². The number of hydrogen-bond acceptors (Lipinski definition) is 8. The Bertz CT molecular complexity index is 1390. The molecule has 1 aliphatic heterocycles. The van der Waals surface area contributed by atoms with Crippen LogP contribution in [0.4, 0.5) is 23.1 Å². The zero-order valence-corrected chi connectivity index (χ0v) is 23.4. The Morgan fingerprint density at radius 2 is 1.86 bits per heavy atom. The Labute approximate surface area is 224 Å². The van der Waals surface area contributed by atoms with Gasteiger partial charge in [0.1, 0.15) is 10.8 Å². The lowest BCUT2D eigenvalue weighted by Crippen LogP contribution is -2.46. The van der Waals surface area contributed by atoms with E-state index in [-0.39, 0.29) is 15.5 Å². The molecule has 10 heteroatoms. The van der Waals surface area contributed by atoms with Gasteiger partial charge >= 0.3 is 0 Å². The third-order valence-corrected chi connectivity index (χ3v) is 9.55. The molecule has 0 unspecified atom stereocenters. The van der Waals surface area contributed by atoms with Crippen LogP contribution in [0.25, 0.3) is 0 Å². The minimum Gasteiger partial charge on any atom is -0.495 e. The predicted octanol–water partition coefficient (Wildman–Crippen LogP) is 5.97. The van der Waals surface area contributed by atoms with Gasteiger partial charge in [-0.25, -0.2) is 13.4 Å². The van der Waals surface area contributed by atoms with Gasteiger partial charge in [0.2, 0.25) is 5.95 Å². The molecule has 1 aliphatic rings. The SMILES string of the molecule is CCC1(CC)NCCc2cc(Nc3ncc(Cl)c(Nc4ccccc4S(=O)(=O)C(C)C)n3)c(OC)cc21. The monoisotopic (exact) mass is 543 g/mol. The van der Waals surface area contributed by atoms with Gasteiger partial charge in [-0.1, -0.05) is 37.6 Å². The summed E-state index contributed by atoms with van der Waals surface area (Å²) in [6.07, 6.45) is 4.35. The third kappa shape index (κ3) is 5.26. The Hall–Kier alpha value is -2.88. The van der Waals surface area contributed by atoms with Crippen molar-refractivity contribution < 1.29 is 13.2 Å². The highest BCUT2D eigenvalue weighted by atomic mass is 35.5. The van der Waals surface area contributed by atoms with E-state index in [2.05, 4.69) is 51.9 Å². The summed E-state index contributed by atoms with van der Waals surface area (Å²) < 4.78 is 31.5. The molecule has 0 aliphatic carbocycles. The third-order valence-electron chi connectivity index (χ3n) is 7.06. The number of hydrogen-bond donors (Lipinski definition) is 3. The van der Waals surface area contributed by atoms with E-state index in [4.69, 9.17) is 16.3 Å². The largest absolute Gasteiger partial charge is 0.495 e. The molecule has 0 fully saturated rings. The van der Waals surface area contributed by atoms with Crippen LogP contribution < -0.4 is 20.7 Å². The van der Waals surface area contributed by atoms with Gasteiger partial charge in [0.25, 0.3) is 0 Å². The summed E-state index contributed by atoms with van der Waals surface area (Å²) in [4.78, 5) is 9.08. The molecule has 0 radical (unpaired) electrons. The van der Waals surface area contributed by atoms with E-state index in [0.717, 1.165) is 31.5 Å². The van der Waals surface area contributed by atoms with Crippen molar-refractivity contribution in [1.29, 1.82) is 0 Å². The Morgan fingerprint density at radius 1 is 1.14 bits per heavy atom. The minimum atomic E-state index is -3.52. The summed E-state index contributed by atoms with van der Waals surface area (Å²) in [5.74, 6) is 1.29. The van der Waals surface area contributed by atoms with Crippen molar-refractivity contribution in [3.8, 4) is 5.75 Å². The van der Waals surface area contributed by atoms with Crippen molar-refractivity contribution in [3.05, 3.63) is 58.7 Å². The molecule has 37 heavy (non-hydrogen) atoms. The summed E-state index contributed by atoms with van der Waals surface area (Å²) in [5, 5.41) is 9.76. The van der Waals surface area contributed by atoms with Crippen LogP contribution in [-0.4, -0.2) is 37.3 Å².